The van der Waals surface area contributed by atoms with Gasteiger partial charge in [0.1, 0.15) is 0 Å². The summed E-state index contributed by atoms with van der Waals surface area (Å²) < 4.78 is 7.58. The van der Waals surface area contributed by atoms with Crippen molar-refractivity contribution < 1.29 is 9.53 Å². The van der Waals surface area contributed by atoms with Crippen molar-refractivity contribution in [3.8, 4) is 17.0 Å². The average molecular weight is 501 g/mol. The van der Waals surface area contributed by atoms with Crippen LogP contribution >= 0.6 is 0 Å². The van der Waals surface area contributed by atoms with Crippen molar-refractivity contribution in [3.05, 3.63) is 60.2 Å². The van der Waals surface area contributed by atoms with Gasteiger partial charge < -0.3 is 20.7 Å². The van der Waals surface area contributed by atoms with Crippen LogP contribution in [0.25, 0.3) is 22.0 Å². The molecule has 0 radical (unpaired) electrons. The van der Waals surface area contributed by atoms with E-state index in [0.29, 0.717) is 23.7 Å². The predicted molar refractivity (Wildman–Crippen MR) is 142 cm³/mol. The summed E-state index contributed by atoms with van der Waals surface area (Å²) in [4.78, 5) is 19.2. The molecule has 3 N–H and O–H groups in total. The van der Waals surface area contributed by atoms with Crippen LogP contribution in [0.15, 0.2) is 48.8 Å². The standard InChI is InChI=1S/C27H32N8O2/c1-18(22-10-14-34(2)33-22)30-25-21-16-19(6-8-23(21)31-32-26(25)27(28)36)20-7-9-24(29-17-20)37-15-5-13-35-11-3-4-12-35/h6-10,14,16-18H,3-5,11-13,15H2,1-2H3,(H2,28,36)(H,30,31)/t18-/m0/s1. The molecule has 1 saturated heterocycles. The molecule has 0 bridgehead atoms. The van der Waals surface area contributed by atoms with E-state index in [9.17, 15) is 4.79 Å². The minimum atomic E-state index is -0.650. The third-order valence-electron chi connectivity index (χ3n) is 6.67. The number of aryl methyl sites for hydroxylation is 1. The lowest BCUT2D eigenvalue weighted by atomic mass is 10.0. The van der Waals surface area contributed by atoms with E-state index in [1.165, 1.54) is 25.9 Å². The second-order valence-electron chi connectivity index (χ2n) is 9.44. The third-order valence-corrected chi connectivity index (χ3v) is 6.67. The molecule has 37 heavy (non-hydrogen) atoms. The number of hydrogen-bond acceptors (Lipinski definition) is 8. The molecule has 1 aromatic carbocycles. The van der Waals surface area contributed by atoms with Gasteiger partial charge in [-0.15, -0.1) is 10.2 Å². The molecule has 0 spiro atoms. The number of benzene rings is 1. The van der Waals surface area contributed by atoms with Crippen molar-refractivity contribution in [3.63, 3.8) is 0 Å². The molecule has 10 nitrogen and oxygen atoms in total. The molecule has 1 amide bonds. The van der Waals surface area contributed by atoms with Gasteiger partial charge in [-0.25, -0.2) is 4.98 Å². The van der Waals surface area contributed by atoms with Gasteiger partial charge in [-0.1, -0.05) is 6.07 Å². The lowest BCUT2D eigenvalue weighted by Gasteiger charge is -2.17. The molecular weight excluding hydrogens is 468 g/mol. The predicted octanol–water partition coefficient (Wildman–Crippen LogP) is 3.56. The Morgan fingerprint density at radius 2 is 1.95 bits per heavy atom. The topological polar surface area (TPSA) is 124 Å². The van der Waals surface area contributed by atoms with Crippen LogP contribution in [-0.4, -0.2) is 62.0 Å². The van der Waals surface area contributed by atoms with Crippen molar-refractivity contribution in [2.75, 3.05) is 31.6 Å². The first kappa shape index (κ1) is 24.6. The van der Waals surface area contributed by atoms with Gasteiger partial charge in [0.25, 0.3) is 5.91 Å². The van der Waals surface area contributed by atoms with Gasteiger partial charge in [-0.2, -0.15) is 5.10 Å². The van der Waals surface area contributed by atoms with E-state index in [1.807, 2.05) is 56.6 Å². The number of fused-ring (bicyclic) bond motifs is 1. The van der Waals surface area contributed by atoms with Crippen LogP contribution in [0, 0.1) is 0 Å². The van der Waals surface area contributed by atoms with Crippen molar-refractivity contribution in [2.45, 2.75) is 32.2 Å². The lowest BCUT2D eigenvalue weighted by molar-refractivity contribution is 0.0995. The second kappa shape index (κ2) is 10.9. The highest BCUT2D eigenvalue weighted by atomic mass is 16.5. The quantitative estimate of drug-likeness (QED) is 0.317. The Morgan fingerprint density at radius 1 is 1.14 bits per heavy atom. The highest BCUT2D eigenvalue weighted by molar-refractivity contribution is 6.05. The van der Waals surface area contributed by atoms with Gasteiger partial charge in [0.05, 0.1) is 29.5 Å². The molecule has 1 aliphatic heterocycles. The van der Waals surface area contributed by atoms with E-state index >= 15 is 0 Å². The molecule has 0 saturated carbocycles. The summed E-state index contributed by atoms with van der Waals surface area (Å²) in [6.07, 6.45) is 7.26. The normalized spacial score (nSPS) is 14.6. The molecular formula is C27H32N8O2. The van der Waals surface area contributed by atoms with Crippen LogP contribution < -0.4 is 15.8 Å². The zero-order chi connectivity index (χ0) is 25.8. The summed E-state index contributed by atoms with van der Waals surface area (Å²) in [5.41, 5.74) is 9.60. The largest absolute Gasteiger partial charge is 0.478 e. The van der Waals surface area contributed by atoms with E-state index in [1.54, 1.807) is 10.9 Å². The molecule has 192 valence electrons. The van der Waals surface area contributed by atoms with Gasteiger partial charge in [-0.3, -0.25) is 9.48 Å². The summed E-state index contributed by atoms with van der Waals surface area (Å²) >= 11 is 0. The maximum atomic E-state index is 12.2. The summed E-state index contributed by atoms with van der Waals surface area (Å²) in [6.45, 7) is 6.09. The number of likely N-dealkylation sites (tertiary alicyclic amines) is 1. The van der Waals surface area contributed by atoms with E-state index in [0.717, 1.165) is 35.2 Å². The highest BCUT2D eigenvalue weighted by Gasteiger charge is 2.19. The minimum Gasteiger partial charge on any atom is -0.478 e. The Labute approximate surface area is 215 Å². The Morgan fingerprint density at radius 3 is 2.65 bits per heavy atom. The first-order chi connectivity index (χ1) is 18.0. The third kappa shape index (κ3) is 5.69. The van der Waals surface area contributed by atoms with E-state index < -0.39 is 5.91 Å². The molecule has 1 aliphatic rings. The fourth-order valence-electron chi connectivity index (χ4n) is 4.67. The number of ether oxygens (including phenoxy) is 1. The van der Waals surface area contributed by atoms with E-state index in [2.05, 4.69) is 30.5 Å². The number of amides is 1. The summed E-state index contributed by atoms with van der Waals surface area (Å²) in [5.74, 6) is -0.0391. The van der Waals surface area contributed by atoms with Crippen LogP contribution in [-0.2, 0) is 7.05 Å². The van der Waals surface area contributed by atoms with Crippen LogP contribution in [0.5, 0.6) is 5.88 Å². The van der Waals surface area contributed by atoms with Gasteiger partial charge in [0.2, 0.25) is 5.88 Å². The second-order valence-corrected chi connectivity index (χ2v) is 9.44. The Bertz CT molecular complexity index is 1380. The molecule has 10 heteroatoms. The van der Waals surface area contributed by atoms with Crippen LogP contribution in [0.2, 0.25) is 0 Å². The van der Waals surface area contributed by atoms with Gasteiger partial charge in [0, 0.05) is 43.0 Å². The zero-order valence-corrected chi connectivity index (χ0v) is 21.2. The maximum absolute atomic E-state index is 12.2. The highest BCUT2D eigenvalue weighted by Crippen LogP contribution is 2.32. The van der Waals surface area contributed by atoms with Crippen molar-refractivity contribution in [1.82, 2.24) is 29.9 Å². The molecule has 4 heterocycles. The zero-order valence-electron chi connectivity index (χ0n) is 21.2. The smallest absolute Gasteiger partial charge is 0.271 e. The number of anilines is 1. The van der Waals surface area contributed by atoms with Crippen LogP contribution in [0.3, 0.4) is 0 Å². The minimum absolute atomic E-state index is 0.0863. The SMILES string of the molecule is C[C@H](Nc1c(C(N)=O)nnc2ccc(-c3ccc(OCCCN4CCCC4)nc3)cc12)c1ccn(C)n1. The lowest BCUT2D eigenvalue weighted by Crippen LogP contribution is -2.21. The number of primary amides is 1. The summed E-state index contributed by atoms with van der Waals surface area (Å²) in [6, 6.07) is 11.4. The first-order valence-electron chi connectivity index (χ1n) is 12.7. The molecule has 5 rings (SSSR count). The Hall–Kier alpha value is -4.05. The molecule has 0 unspecified atom stereocenters. The fraction of sp³-hybridized carbons (Fsp3) is 0.370. The molecule has 1 fully saturated rings. The number of hydrogen-bond donors (Lipinski definition) is 2. The number of aromatic nitrogens is 5. The number of carbonyl (C=O) groups excluding carboxylic acids is 1. The van der Waals surface area contributed by atoms with Crippen molar-refractivity contribution >= 4 is 22.5 Å². The molecule has 0 aliphatic carbocycles. The number of nitrogens with zero attached hydrogens (tertiary/aromatic N) is 6. The number of pyridine rings is 1. The van der Waals surface area contributed by atoms with Gasteiger partial charge in [0.15, 0.2) is 5.69 Å². The molecule has 1 atom stereocenters. The van der Waals surface area contributed by atoms with Crippen molar-refractivity contribution in [1.29, 1.82) is 0 Å². The molecule has 3 aromatic heterocycles. The average Bonchev–Trinajstić information content (AvgIpc) is 3.58. The number of nitrogens with two attached hydrogens (primary N) is 1. The Balaban J connectivity index is 1.36. The fourth-order valence-corrected chi connectivity index (χ4v) is 4.67. The summed E-state index contributed by atoms with van der Waals surface area (Å²) in [5, 5.41) is 16.9. The van der Waals surface area contributed by atoms with Crippen LogP contribution in [0.1, 0.15) is 48.4 Å². The van der Waals surface area contributed by atoms with Crippen molar-refractivity contribution in [2.24, 2.45) is 12.8 Å². The van der Waals surface area contributed by atoms with E-state index in [4.69, 9.17) is 10.5 Å². The first-order valence-corrected chi connectivity index (χ1v) is 12.7. The monoisotopic (exact) mass is 500 g/mol. The molecule has 4 aromatic rings. The summed E-state index contributed by atoms with van der Waals surface area (Å²) in [7, 11) is 1.86. The van der Waals surface area contributed by atoms with E-state index in [-0.39, 0.29) is 11.7 Å². The number of carbonyl (C=O) groups is 1. The number of rotatable bonds is 10. The number of nitrogens with one attached hydrogen (secondary N) is 1. The van der Waals surface area contributed by atoms with Gasteiger partial charge >= 0.3 is 0 Å². The van der Waals surface area contributed by atoms with Gasteiger partial charge in [-0.05, 0) is 69.1 Å². The Kier molecular flexibility index (Phi) is 7.27. The van der Waals surface area contributed by atoms with Crippen LogP contribution in [0.4, 0.5) is 5.69 Å². The maximum Gasteiger partial charge on any atom is 0.271 e.